The van der Waals surface area contributed by atoms with Gasteiger partial charge in [0, 0.05) is 5.69 Å². The predicted molar refractivity (Wildman–Crippen MR) is 62.3 cm³/mol. The van der Waals surface area contributed by atoms with Gasteiger partial charge < -0.3 is 5.32 Å². The van der Waals surface area contributed by atoms with Crippen LogP contribution in [0.1, 0.15) is 0 Å². The molecule has 15 heavy (non-hydrogen) atoms. The summed E-state index contributed by atoms with van der Waals surface area (Å²) in [7, 11) is 0. The lowest BCUT2D eigenvalue weighted by atomic mass is 10.3. The van der Waals surface area contributed by atoms with E-state index >= 15 is 0 Å². The number of hydrogen-bond donors (Lipinski definition) is 1. The van der Waals surface area contributed by atoms with E-state index in [1.165, 1.54) is 6.07 Å². The number of nitrogens with zero attached hydrogens (tertiary/aromatic N) is 2. The minimum atomic E-state index is -0.317. The van der Waals surface area contributed by atoms with Crippen molar-refractivity contribution < 1.29 is 4.39 Å². The Kier molecular flexibility index (Phi) is 3.18. The lowest BCUT2D eigenvalue weighted by Gasteiger charge is -2.03. The van der Waals surface area contributed by atoms with Crippen molar-refractivity contribution in [2.75, 3.05) is 5.32 Å². The van der Waals surface area contributed by atoms with Gasteiger partial charge in [-0.1, -0.05) is 11.6 Å². The van der Waals surface area contributed by atoms with Gasteiger partial charge in [0.25, 0.3) is 0 Å². The lowest BCUT2D eigenvalue weighted by Crippen LogP contribution is -1.91. The maximum absolute atomic E-state index is 12.9. The Morgan fingerprint density at radius 2 is 2.20 bits per heavy atom. The van der Waals surface area contributed by atoms with Crippen LogP contribution in [-0.2, 0) is 0 Å². The molecule has 0 spiro atoms. The van der Waals surface area contributed by atoms with E-state index in [0.29, 0.717) is 21.1 Å². The molecule has 1 heterocycles. The van der Waals surface area contributed by atoms with Crippen LogP contribution in [0.4, 0.5) is 15.9 Å². The fraction of sp³-hybridized carbons (Fsp3) is 0. The van der Waals surface area contributed by atoms with Gasteiger partial charge in [-0.25, -0.2) is 4.39 Å². The smallest absolute Gasteiger partial charge is 0.187 e. The van der Waals surface area contributed by atoms with Gasteiger partial charge >= 0.3 is 0 Å². The molecule has 78 valence electrons. The van der Waals surface area contributed by atoms with Crippen LogP contribution in [-0.4, -0.2) is 8.75 Å². The van der Waals surface area contributed by atoms with Crippen molar-refractivity contribution in [3.8, 4) is 0 Å². The van der Waals surface area contributed by atoms with Crippen molar-refractivity contribution >= 4 is 50.8 Å². The second-order valence-corrected chi connectivity index (χ2v) is 4.40. The summed E-state index contributed by atoms with van der Waals surface area (Å²) in [5.41, 5.74) is 0.692. The summed E-state index contributed by atoms with van der Waals surface area (Å²) in [4.78, 5) is 0. The highest BCUT2D eigenvalue weighted by Crippen LogP contribution is 2.25. The molecule has 0 aliphatic heterocycles. The summed E-state index contributed by atoms with van der Waals surface area (Å²) < 4.78 is 21.1. The monoisotopic (exact) mass is 307 g/mol. The molecule has 0 aliphatic rings. The summed E-state index contributed by atoms with van der Waals surface area (Å²) in [6.07, 6.45) is 0. The highest BCUT2D eigenvalue weighted by Gasteiger charge is 2.06. The van der Waals surface area contributed by atoms with Gasteiger partial charge in [-0.2, -0.15) is 8.75 Å². The van der Waals surface area contributed by atoms with Crippen LogP contribution in [0.3, 0.4) is 0 Å². The SMILES string of the molecule is Fc1ccc(Nc2nsnc2Cl)cc1Br. The molecule has 0 saturated heterocycles. The molecular formula is C8H4BrClFN3S. The van der Waals surface area contributed by atoms with E-state index in [9.17, 15) is 4.39 Å². The van der Waals surface area contributed by atoms with E-state index < -0.39 is 0 Å². The minimum Gasteiger partial charge on any atom is -0.337 e. The van der Waals surface area contributed by atoms with Crippen molar-refractivity contribution in [3.63, 3.8) is 0 Å². The summed E-state index contributed by atoms with van der Waals surface area (Å²) in [5.74, 6) is 0.156. The standard InChI is InChI=1S/C8H4BrClFN3S/c9-5-3-4(1-2-6(5)11)12-8-7(10)13-15-14-8/h1-3H,(H,12,14). The molecule has 2 aromatic rings. The molecule has 1 aromatic carbocycles. The number of benzene rings is 1. The van der Waals surface area contributed by atoms with Gasteiger partial charge in [0.05, 0.1) is 16.2 Å². The average Bonchev–Trinajstić information content (AvgIpc) is 2.59. The van der Waals surface area contributed by atoms with Crippen molar-refractivity contribution in [3.05, 3.63) is 33.6 Å². The number of hydrogen-bond acceptors (Lipinski definition) is 4. The molecule has 1 N–H and O–H groups in total. The van der Waals surface area contributed by atoms with Crippen molar-refractivity contribution in [1.82, 2.24) is 8.75 Å². The van der Waals surface area contributed by atoms with Crippen LogP contribution < -0.4 is 5.32 Å². The Bertz CT molecular complexity index is 490. The quantitative estimate of drug-likeness (QED) is 0.916. The van der Waals surface area contributed by atoms with E-state index in [1.54, 1.807) is 12.1 Å². The molecule has 0 bridgehead atoms. The third-order valence-corrected chi connectivity index (χ3v) is 3.13. The van der Waals surface area contributed by atoms with E-state index in [0.717, 1.165) is 11.7 Å². The Labute approximate surface area is 103 Å². The Morgan fingerprint density at radius 3 is 2.80 bits per heavy atom. The van der Waals surface area contributed by atoms with Gasteiger partial charge in [-0.3, -0.25) is 0 Å². The third kappa shape index (κ3) is 2.45. The number of halogens is 3. The number of anilines is 2. The van der Waals surface area contributed by atoms with Crippen molar-refractivity contribution in [2.45, 2.75) is 0 Å². The highest BCUT2D eigenvalue weighted by atomic mass is 79.9. The average molecular weight is 309 g/mol. The van der Waals surface area contributed by atoms with Gasteiger partial charge in [0.15, 0.2) is 11.0 Å². The van der Waals surface area contributed by atoms with Crippen LogP contribution in [0.5, 0.6) is 0 Å². The van der Waals surface area contributed by atoms with Gasteiger partial charge in [-0.15, -0.1) is 0 Å². The molecule has 0 saturated carbocycles. The molecule has 0 radical (unpaired) electrons. The Hall–Kier alpha value is -0.720. The minimum absolute atomic E-state index is 0.306. The molecule has 0 unspecified atom stereocenters. The van der Waals surface area contributed by atoms with Gasteiger partial charge in [0.2, 0.25) is 0 Å². The highest BCUT2D eigenvalue weighted by molar-refractivity contribution is 9.10. The third-order valence-electron chi connectivity index (χ3n) is 1.63. The summed E-state index contributed by atoms with van der Waals surface area (Å²) in [6, 6.07) is 4.54. The molecule has 0 atom stereocenters. The second kappa shape index (κ2) is 4.42. The second-order valence-electron chi connectivity index (χ2n) is 2.66. The van der Waals surface area contributed by atoms with Crippen LogP contribution in [0, 0.1) is 5.82 Å². The molecule has 0 amide bonds. The zero-order valence-corrected chi connectivity index (χ0v) is 10.3. The lowest BCUT2D eigenvalue weighted by molar-refractivity contribution is 0.621. The van der Waals surface area contributed by atoms with Crippen LogP contribution in [0.2, 0.25) is 5.15 Å². The zero-order chi connectivity index (χ0) is 10.8. The summed E-state index contributed by atoms with van der Waals surface area (Å²) in [5, 5.41) is 3.23. The van der Waals surface area contributed by atoms with E-state index in [1.807, 2.05) is 0 Å². The molecule has 3 nitrogen and oxygen atoms in total. The number of nitrogens with one attached hydrogen (secondary N) is 1. The zero-order valence-electron chi connectivity index (χ0n) is 7.17. The molecule has 2 rings (SSSR count). The first kappa shape index (κ1) is 10.8. The van der Waals surface area contributed by atoms with Crippen LogP contribution in [0.25, 0.3) is 0 Å². The topological polar surface area (TPSA) is 37.8 Å². The molecular weight excluding hydrogens is 305 g/mol. The molecule has 7 heteroatoms. The van der Waals surface area contributed by atoms with Crippen molar-refractivity contribution in [2.24, 2.45) is 0 Å². The molecule has 0 aliphatic carbocycles. The number of rotatable bonds is 2. The van der Waals surface area contributed by atoms with Gasteiger partial charge in [0.1, 0.15) is 5.82 Å². The first-order valence-electron chi connectivity index (χ1n) is 3.87. The Balaban J connectivity index is 2.25. The van der Waals surface area contributed by atoms with Crippen molar-refractivity contribution in [1.29, 1.82) is 0 Å². The summed E-state index contributed by atoms with van der Waals surface area (Å²) >= 11 is 9.85. The normalized spacial score (nSPS) is 10.3. The molecule has 0 fully saturated rings. The first-order valence-corrected chi connectivity index (χ1v) is 5.77. The van der Waals surface area contributed by atoms with Crippen LogP contribution in [0.15, 0.2) is 22.7 Å². The predicted octanol–water partition coefficient (Wildman–Crippen LogP) is 3.84. The maximum atomic E-state index is 12.9. The maximum Gasteiger partial charge on any atom is 0.187 e. The Morgan fingerprint density at radius 1 is 1.40 bits per heavy atom. The van der Waals surface area contributed by atoms with Crippen LogP contribution >= 0.6 is 39.3 Å². The first-order chi connectivity index (χ1) is 7.16. The summed E-state index contributed by atoms with van der Waals surface area (Å²) in [6.45, 7) is 0. The van der Waals surface area contributed by atoms with Gasteiger partial charge in [-0.05, 0) is 34.1 Å². The fourth-order valence-electron chi connectivity index (χ4n) is 0.963. The largest absolute Gasteiger partial charge is 0.337 e. The number of aromatic nitrogens is 2. The molecule has 1 aromatic heterocycles. The van der Waals surface area contributed by atoms with E-state index in [-0.39, 0.29) is 5.82 Å². The fourth-order valence-corrected chi connectivity index (χ4v) is 1.99. The van der Waals surface area contributed by atoms with E-state index in [4.69, 9.17) is 11.6 Å². The van der Waals surface area contributed by atoms with E-state index in [2.05, 4.69) is 30.0 Å².